The maximum Gasteiger partial charge on any atom is 0.471 e. The summed E-state index contributed by atoms with van der Waals surface area (Å²) >= 11 is 0. The molecule has 2 amide bonds. The van der Waals surface area contributed by atoms with Crippen molar-refractivity contribution in [3.05, 3.63) is 11.6 Å². The zero-order valence-electron chi connectivity index (χ0n) is 12.4. The molecule has 1 heterocycles. The molecule has 0 aliphatic carbocycles. The third-order valence-corrected chi connectivity index (χ3v) is 3.25. The van der Waals surface area contributed by atoms with Crippen molar-refractivity contribution in [2.24, 2.45) is 0 Å². The predicted octanol–water partition coefficient (Wildman–Crippen LogP) is 2.55. The lowest BCUT2D eigenvalue weighted by Gasteiger charge is -2.40. The van der Waals surface area contributed by atoms with E-state index in [0.29, 0.717) is 10.5 Å². The second-order valence-electron chi connectivity index (χ2n) is 5.52. The largest absolute Gasteiger partial charge is 0.471 e. The van der Waals surface area contributed by atoms with Gasteiger partial charge in [-0.25, -0.2) is 0 Å². The van der Waals surface area contributed by atoms with Crippen LogP contribution in [0.1, 0.15) is 26.7 Å². The van der Waals surface area contributed by atoms with Gasteiger partial charge in [-0.05, 0) is 26.7 Å². The van der Waals surface area contributed by atoms with E-state index in [9.17, 15) is 35.9 Å². The van der Waals surface area contributed by atoms with E-state index < -0.39 is 49.2 Å². The van der Waals surface area contributed by atoms with Gasteiger partial charge in [0.15, 0.2) is 0 Å². The SMILES string of the molecule is CC(C)=CC(=O)N1C[C@@H](NC(=O)C(F)(F)F)CC[C@H]1C(F)(F)F. The number of hydrogen-bond acceptors (Lipinski definition) is 2. The standard InChI is InChI=1S/C13H16F6N2O2/c1-7(2)5-10(22)21-6-8(20-11(23)13(17,18)19)3-4-9(21)12(14,15)16/h5,8-9H,3-4,6H2,1-2H3,(H,20,23)/t8-,9-/m0/s1. The molecule has 1 fully saturated rings. The Labute approximate surface area is 128 Å². The summed E-state index contributed by atoms with van der Waals surface area (Å²) in [4.78, 5) is 23.3. The highest BCUT2D eigenvalue weighted by Gasteiger charge is 2.49. The van der Waals surface area contributed by atoms with Gasteiger partial charge in [0.2, 0.25) is 5.91 Å². The Morgan fingerprint density at radius 2 is 1.65 bits per heavy atom. The first-order valence-electron chi connectivity index (χ1n) is 6.72. The summed E-state index contributed by atoms with van der Waals surface area (Å²) in [7, 11) is 0. The number of rotatable bonds is 2. The van der Waals surface area contributed by atoms with Gasteiger partial charge >= 0.3 is 18.3 Å². The van der Waals surface area contributed by atoms with Crippen molar-refractivity contribution in [1.82, 2.24) is 10.2 Å². The van der Waals surface area contributed by atoms with Crippen LogP contribution in [-0.4, -0.2) is 47.7 Å². The molecule has 132 valence electrons. The maximum absolute atomic E-state index is 13.0. The summed E-state index contributed by atoms with van der Waals surface area (Å²) in [5.74, 6) is -3.18. The highest BCUT2D eigenvalue weighted by molar-refractivity contribution is 5.88. The van der Waals surface area contributed by atoms with Crippen molar-refractivity contribution in [1.29, 1.82) is 0 Å². The summed E-state index contributed by atoms with van der Waals surface area (Å²) in [6.07, 6.45) is -9.72. The lowest BCUT2D eigenvalue weighted by atomic mass is 9.97. The normalized spacial score (nSPS) is 22.5. The number of amides is 2. The van der Waals surface area contributed by atoms with Crippen LogP contribution in [0.25, 0.3) is 0 Å². The highest BCUT2D eigenvalue weighted by Crippen LogP contribution is 2.32. The fourth-order valence-electron chi connectivity index (χ4n) is 2.27. The second kappa shape index (κ2) is 6.79. The summed E-state index contributed by atoms with van der Waals surface area (Å²) in [6, 6.07) is -3.26. The minimum absolute atomic E-state index is 0.301. The number of nitrogens with zero attached hydrogens (tertiary/aromatic N) is 1. The van der Waals surface area contributed by atoms with E-state index >= 15 is 0 Å². The van der Waals surface area contributed by atoms with Gasteiger partial charge in [0.1, 0.15) is 6.04 Å². The van der Waals surface area contributed by atoms with Crippen LogP contribution in [-0.2, 0) is 9.59 Å². The molecule has 0 saturated carbocycles. The van der Waals surface area contributed by atoms with Crippen LogP contribution in [0.3, 0.4) is 0 Å². The average molecular weight is 346 g/mol. The van der Waals surface area contributed by atoms with Gasteiger partial charge in [0.25, 0.3) is 0 Å². The van der Waals surface area contributed by atoms with E-state index in [2.05, 4.69) is 0 Å². The third kappa shape index (κ3) is 5.43. The van der Waals surface area contributed by atoms with Crippen molar-refractivity contribution in [2.75, 3.05) is 6.54 Å². The number of halogens is 6. The molecule has 2 atom stereocenters. The summed E-state index contributed by atoms with van der Waals surface area (Å²) in [6.45, 7) is 2.38. The molecular formula is C13H16F6N2O2. The van der Waals surface area contributed by atoms with Crippen molar-refractivity contribution >= 4 is 11.8 Å². The third-order valence-electron chi connectivity index (χ3n) is 3.25. The first-order chi connectivity index (χ1) is 10.3. The fourth-order valence-corrected chi connectivity index (χ4v) is 2.27. The van der Waals surface area contributed by atoms with Crippen LogP contribution in [0, 0.1) is 0 Å². The molecule has 0 aromatic heterocycles. The van der Waals surface area contributed by atoms with Gasteiger partial charge < -0.3 is 10.2 Å². The van der Waals surface area contributed by atoms with E-state index in [4.69, 9.17) is 0 Å². The second-order valence-corrected chi connectivity index (χ2v) is 5.52. The van der Waals surface area contributed by atoms with E-state index in [1.807, 2.05) is 0 Å². The maximum atomic E-state index is 13.0. The number of nitrogens with one attached hydrogen (secondary N) is 1. The Morgan fingerprint density at radius 3 is 2.09 bits per heavy atom. The molecule has 0 radical (unpaired) electrons. The minimum atomic E-state index is -5.13. The number of piperidine rings is 1. The average Bonchev–Trinajstić information content (AvgIpc) is 2.35. The van der Waals surface area contributed by atoms with Crippen LogP contribution in [0.15, 0.2) is 11.6 Å². The van der Waals surface area contributed by atoms with Crippen LogP contribution >= 0.6 is 0 Å². The molecule has 4 nitrogen and oxygen atoms in total. The first-order valence-corrected chi connectivity index (χ1v) is 6.72. The molecule has 0 unspecified atom stereocenters. The number of hydrogen-bond donors (Lipinski definition) is 1. The highest BCUT2D eigenvalue weighted by atomic mass is 19.4. The van der Waals surface area contributed by atoms with E-state index in [0.717, 1.165) is 6.08 Å². The smallest absolute Gasteiger partial charge is 0.344 e. The number of allylic oxidation sites excluding steroid dienone is 1. The molecule has 1 aliphatic heterocycles. The van der Waals surface area contributed by atoms with Crippen molar-refractivity contribution < 1.29 is 35.9 Å². The number of carbonyl (C=O) groups is 2. The number of carbonyl (C=O) groups excluding carboxylic acids is 2. The lowest BCUT2D eigenvalue weighted by Crippen LogP contribution is -2.59. The first kappa shape index (κ1) is 19.3. The monoisotopic (exact) mass is 346 g/mol. The van der Waals surface area contributed by atoms with Crippen LogP contribution in [0.2, 0.25) is 0 Å². The molecule has 23 heavy (non-hydrogen) atoms. The van der Waals surface area contributed by atoms with Gasteiger partial charge in [0, 0.05) is 18.7 Å². The molecular weight excluding hydrogens is 330 g/mol. The minimum Gasteiger partial charge on any atom is -0.344 e. The van der Waals surface area contributed by atoms with Crippen LogP contribution in [0.4, 0.5) is 26.3 Å². The van der Waals surface area contributed by atoms with Gasteiger partial charge in [0.05, 0.1) is 0 Å². The topological polar surface area (TPSA) is 49.4 Å². The zero-order valence-corrected chi connectivity index (χ0v) is 12.4. The number of likely N-dealkylation sites (tertiary alicyclic amines) is 1. The molecule has 1 saturated heterocycles. The van der Waals surface area contributed by atoms with E-state index in [1.165, 1.54) is 13.8 Å². The number of alkyl halides is 6. The molecule has 1 aliphatic rings. The molecule has 0 aromatic carbocycles. The molecule has 10 heteroatoms. The quantitative estimate of drug-likeness (QED) is 0.617. The Morgan fingerprint density at radius 1 is 1.09 bits per heavy atom. The zero-order chi connectivity index (χ0) is 18.0. The van der Waals surface area contributed by atoms with Gasteiger partial charge in [-0.3, -0.25) is 9.59 Å². The molecule has 1 rings (SSSR count). The van der Waals surface area contributed by atoms with Crippen molar-refractivity contribution in [2.45, 2.75) is 51.1 Å². The van der Waals surface area contributed by atoms with Gasteiger partial charge in [-0.2, -0.15) is 26.3 Å². The molecule has 0 spiro atoms. The predicted molar refractivity (Wildman–Crippen MR) is 68.2 cm³/mol. The van der Waals surface area contributed by atoms with Gasteiger partial charge in [-0.15, -0.1) is 0 Å². The fraction of sp³-hybridized carbons (Fsp3) is 0.692. The van der Waals surface area contributed by atoms with Crippen molar-refractivity contribution in [3.63, 3.8) is 0 Å². The summed E-state index contributed by atoms with van der Waals surface area (Å²) in [5.41, 5.74) is 0.456. The molecule has 0 aromatic rings. The lowest BCUT2D eigenvalue weighted by molar-refractivity contribution is -0.196. The van der Waals surface area contributed by atoms with Crippen molar-refractivity contribution in [3.8, 4) is 0 Å². The van der Waals surface area contributed by atoms with Crippen LogP contribution in [0.5, 0.6) is 0 Å². The Kier molecular flexibility index (Phi) is 5.70. The Hall–Kier alpha value is -1.74. The molecule has 1 N–H and O–H groups in total. The summed E-state index contributed by atoms with van der Waals surface area (Å²) in [5, 5.41) is 1.62. The van der Waals surface area contributed by atoms with Crippen LogP contribution < -0.4 is 5.32 Å². The van der Waals surface area contributed by atoms with E-state index in [-0.39, 0.29) is 6.42 Å². The van der Waals surface area contributed by atoms with Gasteiger partial charge in [-0.1, -0.05) is 5.57 Å². The Balaban J connectivity index is 2.92. The Bertz CT molecular complexity index is 494. The molecule has 0 bridgehead atoms. The van der Waals surface area contributed by atoms with E-state index in [1.54, 1.807) is 5.32 Å². The summed E-state index contributed by atoms with van der Waals surface area (Å²) < 4.78 is 75.6.